The van der Waals surface area contributed by atoms with Crippen LogP contribution in [-0.4, -0.2) is 224 Å². The molecule has 2 bridgehead atoms. The molecule has 3 rings (SSSR count). The van der Waals surface area contributed by atoms with Crippen molar-refractivity contribution in [1.82, 2.24) is 68.7 Å². The molecule has 1 saturated heterocycles. The van der Waals surface area contributed by atoms with E-state index >= 15 is 4.79 Å². The number of unbranched alkanes of at least 4 members (excludes halogenated alkanes) is 6. The second kappa shape index (κ2) is 56.1. The zero-order valence-corrected chi connectivity index (χ0v) is 66.9. The minimum atomic E-state index is -1.41. The van der Waals surface area contributed by atoms with Crippen molar-refractivity contribution < 1.29 is 72.2 Å². The van der Waals surface area contributed by atoms with Crippen LogP contribution in [-0.2, 0) is 67.1 Å². The average molecular weight is 1580 g/mol. The molecule has 636 valence electrons. The first-order valence-corrected chi connectivity index (χ1v) is 41.0. The molecule has 0 aromatic carbocycles. The number of carbonyl (C=O) groups is 14. The molecule has 13 atom stereocenters. The van der Waals surface area contributed by atoms with Crippen LogP contribution in [0.15, 0.2) is 24.3 Å². The third kappa shape index (κ3) is 38.1. The number of fused-ring (bicyclic) bond motifs is 8. The van der Waals surface area contributed by atoms with Gasteiger partial charge in [0, 0.05) is 6.54 Å². The second-order valence-corrected chi connectivity index (χ2v) is 30.5. The fourth-order valence-electron chi connectivity index (χ4n) is 13.5. The van der Waals surface area contributed by atoms with E-state index in [2.05, 4.69) is 63.8 Å². The van der Waals surface area contributed by atoms with Crippen LogP contribution in [0.25, 0.3) is 0 Å². The van der Waals surface area contributed by atoms with Crippen molar-refractivity contribution in [3.63, 3.8) is 0 Å². The molecule has 35 nitrogen and oxygen atoms in total. The Labute approximate surface area is 661 Å². The molecule has 3 heterocycles. The lowest BCUT2D eigenvalue weighted by Crippen LogP contribution is -2.60. The predicted molar refractivity (Wildman–Crippen MR) is 425 cm³/mol. The highest BCUT2D eigenvalue weighted by Crippen LogP contribution is 2.22. The number of hydrogen-bond acceptors (Lipinski definition) is 21. The van der Waals surface area contributed by atoms with Gasteiger partial charge in [0.1, 0.15) is 72.5 Å². The lowest BCUT2D eigenvalue weighted by Gasteiger charge is -2.31. The number of carboxylic acids is 1. The van der Waals surface area contributed by atoms with E-state index in [0.717, 1.165) is 0 Å². The number of allylic oxidation sites excluding steroid dienone is 4. The van der Waals surface area contributed by atoms with Gasteiger partial charge in [-0.15, -0.1) is 0 Å². The predicted octanol–water partition coefficient (Wildman–Crippen LogP) is -1.25. The maximum Gasteiger partial charge on any atom is 0.326 e. The zero-order chi connectivity index (χ0) is 82.9. The first kappa shape index (κ1) is 98.0. The Morgan fingerprint density at radius 2 is 0.714 bits per heavy atom. The fraction of sp³-hybridized carbons (Fsp3) is 0.766. The van der Waals surface area contributed by atoms with E-state index < -0.39 is 168 Å². The third-order valence-electron chi connectivity index (χ3n) is 20.0. The summed E-state index contributed by atoms with van der Waals surface area (Å²) in [6.45, 7) is 8.24. The van der Waals surface area contributed by atoms with Crippen molar-refractivity contribution in [1.29, 1.82) is 0 Å². The van der Waals surface area contributed by atoms with E-state index in [1.54, 1.807) is 24.3 Å². The van der Waals surface area contributed by atoms with Gasteiger partial charge in [-0.3, -0.25) is 62.3 Å². The summed E-state index contributed by atoms with van der Waals surface area (Å²) < 4.78 is 0. The monoisotopic (exact) mass is 1580 g/mol. The Kier molecular flexibility index (Phi) is 49.1. The van der Waals surface area contributed by atoms with Crippen LogP contribution in [0.3, 0.4) is 0 Å². The Balaban J connectivity index is 2.38. The molecule has 3 aliphatic heterocycles. The number of hydrogen-bond donors (Lipinski definition) is 20. The normalized spacial score (nSPS) is 26.9. The second-order valence-electron chi connectivity index (χ2n) is 30.5. The molecule has 35 heteroatoms. The molecule has 112 heavy (non-hydrogen) atoms. The van der Waals surface area contributed by atoms with Gasteiger partial charge in [0.05, 0.1) is 12.6 Å². The quantitative estimate of drug-likeness (QED) is 0.0307. The molecule has 0 radical (unpaired) electrons. The number of amides is 13. The van der Waals surface area contributed by atoms with Crippen LogP contribution in [0.2, 0.25) is 0 Å². The fourth-order valence-corrected chi connectivity index (χ4v) is 13.5. The summed E-state index contributed by atoms with van der Waals surface area (Å²) in [4.78, 5) is 204. The summed E-state index contributed by atoms with van der Waals surface area (Å²) in [6.07, 6.45) is 14.2. The summed E-state index contributed by atoms with van der Waals surface area (Å²) in [5.41, 5.74) is 41.8. The maximum atomic E-state index is 15.0. The van der Waals surface area contributed by atoms with Gasteiger partial charge in [-0.25, -0.2) is 4.79 Å². The number of aliphatic carboxylic acids is 1. The number of nitrogens with zero attached hydrogens (tertiary/aromatic N) is 1. The van der Waals surface area contributed by atoms with E-state index in [4.69, 9.17) is 40.1 Å². The number of carbonyl (C=O) groups excluding carboxylic acids is 13. The highest BCUT2D eigenvalue weighted by atomic mass is 16.4. The van der Waals surface area contributed by atoms with Crippen molar-refractivity contribution in [3.05, 3.63) is 24.3 Å². The van der Waals surface area contributed by atoms with Crippen molar-refractivity contribution in [3.8, 4) is 0 Å². The van der Waals surface area contributed by atoms with Gasteiger partial charge in [-0.2, -0.15) is 0 Å². The van der Waals surface area contributed by atoms with Crippen LogP contribution in [0.5, 0.6) is 0 Å². The first-order valence-electron chi connectivity index (χ1n) is 41.0. The summed E-state index contributed by atoms with van der Waals surface area (Å²) in [7, 11) is 0. The lowest BCUT2D eigenvalue weighted by molar-refractivity contribution is -0.142. The summed E-state index contributed by atoms with van der Waals surface area (Å²) in [5, 5.41) is 43.6. The minimum absolute atomic E-state index is 0.00437. The standard InChI is InChI=1S/C77H138N20O15/c1-49(2)46-61-73(107)92-56(33-17-23-41-80)70(104)89-55-30-13-9-6-8-12-29-54(88-67(101)53(32-16-22-40-79)87-65(99)51(84)28-11-7-5-10-14-37-60(77(111)112)94-71(105)57(90-68(55)102)34-18-24-42-81)69(103)91-58(35-19-25-43-82)72(106)96-62(47-50(3)4)74(108)93-59(36-20-26-44-83)76(110)97-45-27-38-63(97)75(109)85-48-64(98)86-52(66(100)95-61)31-15-21-39-78/h5-6,8,10,49-63H,7,9,11-48,78-84H2,1-4H3,(H,85,109)(H,86,98)(H,87,99)(H,88,101)(H,89,104)(H,90,102)(H,91,103)(H,92,107)(H,93,108)(H,94,105)(H,95,100)(H,96,106)(H,111,112)/b8-6-,10-5+/t51-,52-,53-,54-,55-,56-,57-,58-,59-,60-,61-,62-,63+/m0/s1. The molecule has 3 aliphatic rings. The average Bonchev–Trinajstić information content (AvgIpc) is 1.56. The molecule has 0 unspecified atom stereocenters. The molecule has 13 amide bonds. The van der Waals surface area contributed by atoms with E-state index in [-0.39, 0.29) is 167 Å². The van der Waals surface area contributed by atoms with E-state index in [1.807, 2.05) is 27.7 Å². The largest absolute Gasteiger partial charge is 0.480 e. The Morgan fingerprint density at radius 1 is 0.375 bits per heavy atom. The summed E-state index contributed by atoms with van der Waals surface area (Å²) in [6, 6.07) is -16.6. The Bertz CT molecular complexity index is 3020. The molecular weight excluding hydrogens is 1440 g/mol. The first-order chi connectivity index (χ1) is 53.6. The SMILES string of the molecule is CC(C)C[C@@H]1NC(=O)[C@H](CCCCN)NC(=O)CNC(=O)[C@H]2CCCN2C(=O)[C@H](CCCCN)NC(=O)[C@H](CC(C)C)NC(=O)[C@H](CCCCN)NC(=O)[C@@H]2CC/C=C\CCC[C@H](NC(=O)[C@H](CCCCN)NC1=O)C(=O)N[C@@H](CCCCN)C(=O)N[C@H](C(=O)O)CC/C=C/CCC[C@H](N)C(=O)N[C@@H](CCCCN)C(=O)N2. The van der Waals surface area contributed by atoms with E-state index in [1.165, 1.54) is 4.90 Å². The van der Waals surface area contributed by atoms with Gasteiger partial charge in [-0.1, -0.05) is 52.0 Å². The minimum Gasteiger partial charge on any atom is -0.480 e. The molecule has 0 saturated carbocycles. The van der Waals surface area contributed by atoms with Gasteiger partial charge in [0.15, 0.2) is 0 Å². The van der Waals surface area contributed by atoms with Crippen LogP contribution >= 0.6 is 0 Å². The molecule has 0 aliphatic carbocycles. The number of carboxylic acid groups (broad SMARTS) is 1. The zero-order valence-electron chi connectivity index (χ0n) is 66.9. The van der Waals surface area contributed by atoms with Crippen LogP contribution in [0.1, 0.15) is 233 Å². The van der Waals surface area contributed by atoms with Gasteiger partial charge < -0.3 is 114 Å². The number of nitrogens with one attached hydrogen (secondary N) is 12. The third-order valence-corrected chi connectivity index (χ3v) is 20.0. The molecule has 0 aromatic rings. The van der Waals surface area contributed by atoms with Gasteiger partial charge in [0.2, 0.25) is 76.8 Å². The van der Waals surface area contributed by atoms with Crippen molar-refractivity contribution in [2.24, 2.45) is 52.0 Å². The van der Waals surface area contributed by atoms with Crippen molar-refractivity contribution in [2.45, 2.75) is 312 Å². The molecule has 0 spiro atoms. The highest BCUT2D eigenvalue weighted by Gasteiger charge is 2.41. The van der Waals surface area contributed by atoms with Crippen molar-refractivity contribution >= 4 is 82.8 Å². The van der Waals surface area contributed by atoms with Crippen LogP contribution in [0.4, 0.5) is 0 Å². The van der Waals surface area contributed by atoms with Crippen LogP contribution < -0.4 is 104 Å². The maximum absolute atomic E-state index is 15.0. The van der Waals surface area contributed by atoms with E-state index in [0.29, 0.717) is 96.3 Å². The molecule has 0 aromatic heterocycles. The molecular formula is C77H138N20O15. The van der Waals surface area contributed by atoms with Gasteiger partial charge in [0.25, 0.3) is 0 Å². The van der Waals surface area contributed by atoms with Crippen molar-refractivity contribution in [2.75, 3.05) is 52.4 Å². The lowest BCUT2D eigenvalue weighted by atomic mass is 10.00. The summed E-state index contributed by atoms with van der Waals surface area (Å²) in [5.74, 6) is -11.5. The molecule has 1 fully saturated rings. The Hall–Kier alpha value is -8.22. The van der Waals surface area contributed by atoms with Gasteiger partial charge >= 0.3 is 5.97 Å². The Morgan fingerprint density at radius 3 is 1.14 bits per heavy atom. The van der Waals surface area contributed by atoms with Gasteiger partial charge in [-0.05, 0) is 257 Å². The number of nitrogens with two attached hydrogens (primary N) is 7. The summed E-state index contributed by atoms with van der Waals surface area (Å²) >= 11 is 0. The topological polar surface area (TPSA) is 589 Å². The number of rotatable bonds is 29. The molecule has 27 N–H and O–H groups in total. The smallest absolute Gasteiger partial charge is 0.326 e. The highest BCUT2D eigenvalue weighted by molar-refractivity contribution is 6.00. The van der Waals surface area contributed by atoms with Crippen LogP contribution in [0, 0.1) is 11.8 Å². The van der Waals surface area contributed by atoms with E-state index in [9.17, 15) is 67.4 Å².